The maximum absolute atomic E-state index is 12.3. The highest BCUT2D eigenvalue weighted by Crippen LogP contribution is 2.15. The third-order valence-corrected chi connectivity index (χ3v) is 3.08. The van der Waals surface area contributed by atoms with Crippen molar-refractivity contribution in [2.45, 2.75) is 33.4 Å². The molecule has 0 spiro atoms. The first-order valence-electron chi connectivity index (χ1n) is 6.01. The number of hydrogen-bond donors (Lipinski definition) is 1. The molecule has 0 saturated carbocycles. The lowest BCUT2D eigenvalue weighted by Crippen LogP contribution is -2.11. The Balaban J connectivity index is 0.00000200. The van der Waals surface area contributed by atoms with Crippen LogP contribution in [0.25, 0.3) is 0 Å². The number of alkyl halides is 2. The van der Waals surface area contributed by atoms with Crippen LogP contribution in [-0.4, -0.2) is 26.0 Å². The highest BCUT2D eigenvalue weighted by atomic mass is 35.5. The van der Waals surface area contributed by atoms with Gasteiger partial charge in [-0.05, 0) is 13.8 Å². The highest BCUT2D eigenvalue weighted by Gasteiger charge is 2.11. The van der Waals surface area contributed by atoms with E-state index in [1.165, 1.54) is 4.68 Å². The van der Waals surface area contributed by atoms with Crippen LogP contribution in [0.2, 0.25) is 0 Å². The largest absolute Gasteiger partial charge is 0.366 e. The molecule has 1 N–H and O–H groups in total. The van der Waals surface area contributed by atoms with Gasteiger partial charge in [0.05, 0.1) is 12.4 Å². The first-order chi connectivity index (χ1) is 8.99. The van der Waals surface area contributed by atoms with E-state index in [4.69, 9.17) is 0 Å². The second-order valence-electron chi connectivity index (χ2n) is 4.48. The quantitative estimate of drug-likeness (QED) is 0.923. The molecule has 2 rings (SSSR count). The number of nitrogens with one attached hydrogen (secondary N) is 1. The molecular formula is C12H18ClF2N5. The fourth-order valence-electron chi connectivity index (χ4n) is 1.95. The molecule has 2 aromatic rings. The summed E-state index contributed by atoms with van der Waals surface area (Å²) in [7, 11) is 1.85. The molecule has 0 saturated heterocycles. The summed E-state index contributed by atoms with van der Waals surface area (Å²) in [6.45, 7) is 3.93. The van der Waals surface area contributed by atoms with Gasteiger partial charge in [-0.3, -0.25) is 9.36 Å². The molecular weight excluding hydrogens is 288 g/mol. The summed E-state index contributed by atoms with van der Waals surface area (Å²) in [5.41, 5.74) is 2.70. The summed E-state index contributed by atoms with van der Waals surface area (Å²) < 4.78 is 27.7. The molecule has 8 heteroatoms. The molecule has 2 aromatic heterocycles. The maximum Gasteiger partial charge on any atom is 0.257 e. The summed E-state index contributed by atoms with van der Waals surface area (Å²) in [5.74, 6) is 0.918. The van der Waals surface area contributed by atoms with Crippen LogP contribution in [0.15, 0.2) is 12.4 Å². The Morgan fingerprint density at radius 2 is 1.95 bits per heavy atom. The van der Waals surface area contributed by atoms with Crippen LogP contribution in [0.1, 0.15) is 16.8 Å². The van der Waals surface area contributed by atoms with Crippen LogP contribution in [0.3, 0.4) is 0 Å². The predicted octanol–water partition coefficient (Wildman–Crippen LogP) is 2.53. The van der Waals surface area contributed by atoms with E-state index in [9.17, 15) is 8.78 Å². The van der Waals surface area contributed by atoms with Crippen molar-refractivity contribution < 1.29 is 8.78 Å². The summed E-state index contributed by atoms with van der Waals surface area (Å²) in [6, 6.07) is 0. The summed E-state index contributed by atoms with van der Waals surface area (Å²) in [4.78, 5) is 0. The molecule has 0 fully saturated rings. The second kappa shape index (κ2) is 6.69. The van der Waals surface area contributed by atoms with Crippen molar-refractivity contribution in [1.29, 1.82) is 0 Å². The smallest absolute Gasteiger partial charge is 0.257 e. The van der Waals surface area contributed by atoms with E-state index in [1.807, 2.05) is 14.0 Å². The number of halogens is 3. The Labute approximate surface area is 122 Å². The van der Waals surface area contributed by atoms with Gasteiger partial charge in [0.2, 0.25) is 0 Å². The predicted molar refractivity (Wildman–Crippen MR) is 75.5 cm³/mol. The van der Waals surface area contributed by atoms with Crippen LogP contribution in [0.4, 0.5) is 14.6 Å². The number of anilines is 1. The third kappa shape index (κ3) is 3.47. The molecule has 0 radical (unpaired) electrons. The van der Waals surface area contributed by atoms with Crippen LogP contribution < -0.4 is 5.32 Å². The number of rotatable bonds is 5. The normalized spacial score (nSPS) is 10.7. The lowest BCUT2D eigenvalue weighted by Gasteiger charge is -2.08. The number of aryl methyl sites for hydroxylation is 2. The summed E-state index contributed by atoms with van der Waals surface area (Å²) in [6.07, 6.45) is 1.00. The van der Waals surface area contributed by atoms with Crippen molar-refractivity contribution in [2.75, 3.05) is 5.32 Å². The van der Waals surface area contributed by atoms with Gasteiger partial charge in [-0.25, -0.2) is 8.78 Å². The number of aromatic nitrogens is 4. The minimum Gasteiger partial charge on any atom is -0.366 e. The third-order valence-electron chi connectivity index (χ3n) is 3.08. The molecule has 0 unspecified atom stereocenters. The van der Waals surface area contributed by atoms with E-state index in [-0.39, 0.29) is 19.0 Å². The van der Waals surface area contributed by atoms with E-state index >= 15 is 0 Å². The summed E-state index contributed by atoms with van der Waals surface area (Å²) >= 11 is 0. The molecule has 0 bridgehead atoms. The van der Waals surface area contributed by atoms with Gasteiger partial charge in [0.15, 0.2) is 0 Å². The van der Waals surface area contributed by atoms with Gasteiger partial charge in [-0.2, -0.15) is 10.2 Å². The zero-order chi connectivity index (χ0) is 14.0. The molecule has 0 atom stereocenters. The van der Waals surface area contributed by atoms with Gasteiger partial charge in [0.25, 0.3) is 6.43 Å². The summed E-state index contributed by atoms with van der Waals surface area (Å²) in [5, 5.41) is 11.3. The van der Waals surface area contributed by atoms with Gasteiger partial charge in [0.1, 0.15) is 12.4 Å². The molecule has 0 amide bonds. The van der Waals surface area contributed by atoms with Crippen molar-refractivity contribution in [3.8, 4) is 0 Å². The Kier molecular flexibility index (Phi) is 5.50. The second-order valence-corrected chi connectivity index (χ2v) is 4.48. The van der Waals surface area contributed by atoms with E-state index in [0.717, 1.165) is 22.6 Å². The maximum atomic E-state index is 12.3. The number of hydrogen-bond acceptors (Lipinski definition) is 3. The molecule has 0 aliphatic carbocycles. The van der Waals surface area contributed by atoms with E-state index in [2.05, 4.69) is 15.5 Å². The highest BCUT2D eigenvalue weighted by molar-refractivity contribution is 5.85. The van der Waals surface area contributed by atoms with Crippen LogP contribution in [-0.2, 0) is 20.1 Å². The van der Waals surface area contributed by atoms with Crippen LogP contribution in [0, 0.1) is 13.8 Å². The van der Waals surface area contributed by atoms with Gasteiger partial charge in [0, 0.05) is 30.4 Å². The topological polar surface area (TPSA) is 47.7 Å². The molecule has 112 valence electrons. The SMILES string of the molecule is Cc1cnn(C)c1NCc1cnn(CC(F)F)c1C.Cl. The lowest BCUT2D eigenvalue weighted by atomic mass is 10.2. The molecule has 2 heterocycles. The van der Waals surface area contributed by atoms with E-state index < -0.39 is 6.43 Å². The van der Waals surface area contributed by atoms with E-state index in [0.29, 0.717) is 6.54 Å². The first-order valence-corrected chi connectivity index (χ1v) is 6.01. The monoisotopic (exact) mass is 305 g/mol. The van der Waals surface area contributed by atoms with Gasteiger partial charge < -0.3 is 5.32 Å². The molecule has 20 heavy (non-hydrogen) atoms. The fraction of sp³-hybridized carbons (Fsp3) is 0.500. The van der Waals surface area contributed by atoms with Crippen LogP contribution >= 0.6 is 12.4 Å². The Bertz CT molecular complexity index is 545. The van der Waals surface area contributed by atoms with Crippen molar-refractivity contribution in [3.05, 3.63) is 29.2 Å². The van der Waals surface area contributed by atoms with Gasteiger partial charge in [-0.1, -0.05) is 0 Å². The van der Waals surface area contributed by atoms with Gasteiger partial charge >= 0.3 is 0 Å². The Hall–Kier alpha value is -1.63. The Morgan fingerprint density at radius 1 is 1.25 bits per heavy atom. The van der Waals surface area contributed by atoms with Crippen LogP contribution in [0.5, 0.6) is 0 Å². The van der Waals surface area contributed by atoms with Crippen molar-refractivity contribution in [3.63, 3.8) is 0 Å². The minimum absolute atomic E-state index is 0. The standard InChI is InChI=1S/C12H17F2N5.ClH/c1-8-4-16-18(3)12(8)15-5-10-6-17-19(9(10)2)7-11(13)14;/h4,6,11,15H,5,7H2,1-3H3;1H. The zero-order valence-electron chi connectivity index (χ0n) is 11.6. The zero-order valence-corrected chi connectivity index (χ0v) is 12.4. The van der Waals surface area contributed by atoms with Gasteiger partial charge in [-0.15, -0.1) is 12.4 Å². The average molecular weight is 306 g/mol. The minimum atomic E-state index is -2.39. The van der Waals surface area contributed by atoms with Crippen molar-refractivity contribution >= 4 is 18.2 Å². The van der Waals surface area contributed by atoms with Crippen molar-refractivity contribution in [1.82, 2.24) is 19.6 Å². The Morgan fingerprint density at radius 3 is 2.50 bits per heavy atom. The first kappa shape index (κ1) is 16.4. The molecule has 5 nitrogen and oxygen atoms in total. The lowest BCUT2D eigenvalue weighted by molar-refractivity contribution is 0.121. The van der Waals surface area contributed by atoms with E-state index in [1.54, 1.807) is 24.0 Å². The number of nitrogens with zero attached hydrogens (tertiary/aromatic N) is 4. The van der Waals surface area contributed by atoms with Crippen molar-refractivity contribution in [2.24, 2.45) is 7.05 Å². The molecule has 0 aliphatic rings. The molecule has 0 aromatic carbocycles. The average Bonchev–Trinajstić information content (AvgIpc) is 2.83. The fourth-order valence-corrected chi connectivity index (χ4v) is 1.95. The molecule has 0 aliphatic heterocycles.